The summed E-state index contributed by atoms with van der Waals surface area (Å²) in [6.07, 6.45) is 6.96. The van der Waals surface area contributed by atoms with Crippen LogP contribution < -0.4 is 0 Å². The Morgan fingerprint density at radius 3 is 2.95 bits per heavy atom. The molecular weight excluding hydrogens is 252 g/mol. The third kappa shape index (κ3) is 2.13. The van der Waals surface area contributed by atoms with E-state index in [0.717, 1.165) is 42.8 Å². The third-order valence-electron chi connectivity index (χ3n) is 4.13. The molecule has 5 nitrogen and oxygen atoms in total. The first-order valence-corrected chi connectivity index (χ1v) is 7.10. The van der Waals surface area contributed by atoms with Crippen molar-refractivity contribution in [2.45, 2.75) is 32.2 Å². The van der Waals surface area contributed by atoms with Crippen molar-refractivity contribution in [3.63, 3.8) is 0 Å². The molecule has 0 aromatic carbocycles. The van der Waals surface area contributed by atoms with E-state index in [1.807, 2.05) is 48.0 Å². The van der Waals surface area contributed by atoms with Crippen molar-refractivity contribution in [2.75, 3.05) is 6.54 Å². The first kappa shape index (κ1) is 13.0. The normalized spacial score (nSPS) is 19.3. The molecule has 0 unspecified atom stereocenters. The van der Waals surface area contributed by atoms with E-state index in [1.165, 1.54) is 0 Å². The number of nitrogens with one attached hydrogen (secondary N) is 1. The van der Waals surface area contributed by atoms with Crippen molar-refractivity contribution >= 4 is 5.91 Å². The molecule has 1 fully saturated rings. The fraction of sp³-hybridized carbons (Fsp3) is 0.467. The number of likely N-dealkylation sites (tertiary alicyclic amines) is 1. The van der Waals surface area contributed by atoms with Crippen LogP contribution in [-0.2, 0) is 7.05 Å². The van der Waals surface area contributed by atoms with Gasteiger partial charge in [-0.2, -0.15) is 5.10 Å². The first-order valence-electron chi connectivity index (χ1n) is 7.10. The van der Waals surface area contributed by atoms with Gasteiger partial charge in [-0.15, -0.1) is 0 Å². The number of aromatic nitrogens is 3. The highest BCUT2D eigenvalue weighted by molar-refractivity contribution is 5.93. The van der Waals surface area contributed by atoms with E-state index in [9.17, 15) is 4.79 Å². The molecule has 0 radical (unpaired) electrons. The average molecular weight is 272 g/mol. The van der Waals surface area contributed by atoms with Gasteiger partial charge in [0.15, 0.2) is 0 Å². The number of rotatable bonds is 2. The lowest BCUT2D eigenvalue weighted by molar-refractivity contribution is 0.0595. The lowest BCUT2D eigenvalue weighted by Crippen LogP contribution is -2.39. The van der Waals surface area contributed by atoms with Gasteiger partial charge in [-0.3, -0.25) is 9.89 Å². The Labute approximate surface area is 118 Å². The zero-order valence-electron chi connectivity index (χ0n) is 12.0. The van der Waals surface area contributed by atoms with E-state index in [1.54, 1.807) is 0 Å². The van der Waals surface area contributed by atoms with Crippen molar-refractivity contribution in [2.24, 2.45) is 7.05 Å². The summed E-state index contributed by atoms with van der Waals surface area (Å²) in [6.45, 7) is 2.85. The highest BCUT2D eigenvalue weighted by Crippen LogP contribution is 2.32. The summed E-state index contributed by atoms with van der Waals surface area (Å²) in [7, 11) is 1.91. The number of piperidine rings is 1. The van der Waals surface area contributed by atoms with Crippen molar-refractivity contribution in [3.8, 4) is 0 Å². The SMILES string of the molecule is Cc1cn[nH]c1[C@@H]1CCCCN1C(=O)c1cccn1C. The highest BCUT2D eigenvalue weighted by Gasteiger charge is 2.31. The van der Waals surface area contributed by atoms with Gasteiger partial charge in [0.05, 0.1) is 17.9 Å². The Kier molecular flexibility index (Phi) is 3.34. The number of H-pyrrole nitrogens is 1. The maximum atomic E-state index is 12.8. The Hall–Kier alpha value is -2.04. The summed E-state index contributed by atoms with van der Waals surface area (Å²) in [5.74, 6) is 0.108. The van der Waals surface area contributed by atoms with Crippen molar-refractivity contribution < 1.29 is 4.79 Å². The number of aromatic amines is 1. The van der Waals surface area contributed by atoms with Gasteiger partial charge in [-0.25, -0.2) is 0 Å². The number of hydrogen-bond acceptors (Lipinski definition) is 2. The van der Waals surface area contributed by atoms with Crippen LogP contribution in [0.25, 0.3) is 0 Å². The van der Waals surface area contributed by atoms with Gasteiger partial charge in [0.1, 0.15) is 5.69 Å². The lowest BCUT2D eigenvalue weighted by Gasteiger charge is -2.35. The quantitative estimate of drug-likeness (QED) is 0.912. The van der Waals surface area contributed by atoms with E-state index in [4.69, 9.17) is 0 Å². The number of nitrogens with zero attached hydrogens (tertiary/aromatic N) is 3. The molecular formula is C15H20N4O. The van der Waals surface area contributed by atoms with Crippen LogP contribution in [0.3, 0.4) is 0 Å². The topological polar surface area (TPSA) is 53.9 Å². The predicted molar refractivity (Wildman–Crippen MR) is 76.4 cm³/mol. The Morgan fingerprint density at radius 1 is 1.45 bits per heavy atom. The standard InChI is InChI=1S/C15H20N4O/c1-11-10-16-17-14(11)12-6-3-4-9-19(12)15(20)13-7-5-8-18(13)2/h5,7-8,10,12H,3-4,6,9H2,1-2H3,(H,16,17)/t12-/m0/s1. The minimum Gasteiger partial charge on any atom is -0.347 e. The van der Waals surface area contributed by atoms with E-state index >= 15 is 0 Å². The minimum atomic E-state index is 0.108. The van der Waals surface area contributed by atoms with E-state index in [-0.39, 0.29) is 11.9 Å². The molecule has 2 aromatic rings. The number of hydrogen-bond donors (Lipinski definition) is 1. The summed E-state index contributed by atoms with van der Waals surface area (Å²) >= 11 is 0. The zero-order valence-corrected chi connectivity index (χ0v) is 12.0. The van der Waals surface area contributed by atoms with Crippen molar-refractivity contribution in [3.05, 3.63) is 41.5 Å². The van der Waals surface area contributed by atoms with Gasteiger partial charge in [0.25, 0.3) is 5.91 Å². The molecule has 1 aliphatic rings. The molecule has 0 aliphatic carbocycles. The van der Waals surface area contributed by atoms with Crippen LogP contribution >= 0.6 is 0 Å². The molecule has 1 amide bonds. The first-order chi connectivity index (χ1) is 9.68. The van der Waals surface area contributed by atoms with E-state index in [0.29, 0.717) is 0 Å². The highest BCUT2D eigenvalue weighted by atomic mass is 16.2. The zero-order chi connectivity index (χ0) is 14.1. The van der Waals surface area contributed by atoms with Crippen LogP contribution in [0, 0.1) is 6.92 Å². The Morgan fingerprint density at radius 2 is 2.30 bits per heavy atom. The number of carbonyl (C=O) groups excluding carboxylic acids is 1. The molecule has 1 aliphatic heterocycles. The van der Waals surface area contributed by atoms with Gasteiger partial charge in [0.2, 0.25) is 0 Å². The number of aryl methyl sites for hydroxylation is 2. The molecule has 106 valence electrons. The fourth-order valence-corrected chi connectivity index (χ4v) is 3.00. The lowest BCUT2D eigenvalue weighted by atomic mass is 9.97. The van der Waals surface area contributed by atoms with Crippen molar-refractivity contribution in [1.82, 2.24) is 19.7 Å². The summed E-state index contributed by atoms with van der Waals surface area (Å²) in [5, 5.41) is 7.17. The van der Waals surface area contributed by atoms with Crippen LogP contribution in [0.2, 0.25) is 0 Å². The molecule has 3 heterocycles. The maximum absolute atomic E-state index is 12.8. The second-order valence-corrected chi connectivity index (χ2v) is 5.48. The summed E-state index contributed by atoms with van der Waals surface area (Å²) < 4.78 is 1.88. The minimum absolute atomic E-state index is 0.108. The number of amides is 1. The summed E-state index contributed by atoms with van der Waals surface area (Å²) in [5.41, 5.74) is 2.95. The molecule has 20 heavy (non-hydrogen) atoms. The van der Waals surface area contributed by atoms with Gasteiger partial charge in [-0.05, 0) is 43.9 Å². The molecule has 5 heteroatoms. The molecule has 1 N–H and O–H groups in total. The second-order valence-electron chi connectivity index (χ2n) is 5.48. The largest absolute Gasteiger partial charge is 0.347 e. The molecule has 0 bridgehead atoms. The van der Waals surface area contributed by atoms with Crippen LogP contribution in [-0.4, -0.2) is 32.1 Å². The second kappa shape index (κ2) is 5.15. The average Bonchev–Trinajstić information content (AvgIpc) is 3.06. The monoisotopic (exact) mass is 272 g/mol. The van der Waals surface area contributed by atoms with E-state index in [2.05, 4.69) is 10.2 Å². The van der Waals surface area contributed by atoms with Gasteiger partial charge in [-0.1, -0.05) is 0 Å². The maximum Gasteiger partial charge on any atom is 0.271 e. The molecule has 3 rings (SSSR count). The van der Waals surface area contributed by atoms with Crippen molar-refractivity contribution in [1.29, 1.82) is 0 Å². The van der Waals surface area contributed by atoms with Gasteiger partial charge in [0, 0.05) is 19.8 Å². The summed E-state index contributed by atoms with van der Waals surface area (Å²) in [6, 6.07) is 3.91. The van der Waals surface area contributed by atoms with Gasteiger partial charge >= 0.3 is 0 Å². The molecule has 0 spiro atoms. The number of carbonyl (C=O) groups is 1. The predicted octanol–water partition coefficient (Wildman–Crippen LogP) is 2.42. The molecule has 1 atom stereocenters. The summed E-state index contributed by atoms with van der Waals surface area (Å²) in [4.78, 5) is 14.8. The van der Waals surface area contributed by atoms with Crippen LogP contribution in [0.5, 0.6) is 0 Å². The molecule has 1 saturated heterocycles. The van der Waals surface area contributed by atoms with E-state index < -0.39 is 0 Å². The molecule has 2 aromatic heterocycles. The van der Waals surface area contributed by atoms with Crippen LogP contribution in [0.4, 0.5) is 0 Å². The fourth-order valence-electron chi connectivity index (χ4n) is 3.00. The van der Waals surface area contributed by atoms with Gasteiger partial charge < -0.3 is 9.47 Å². The smallest absolute Gasteiger partial charge is 0.271 e. The van der Waals surface area contributed by atoms with Crippen LogP contribution in [0.1, 0.15) is 47.1 Å². The Bertz CT molecular complexity index is 613. The van der Waals surface area contributed by atoms with Crippen LogP contribution in [0.15, 0.2) is 24.5 Å². The third-order valence-corrected chi connectivity index (χ3v) is 4.13. The Balaban J connectivity index is 1.92. The molecule has 0 saturated carbocycles.